The summed E-state index contributed by atoms with van der Waals surface area (Å²) < 4.78 is 0. The predicted octanol–water partition coefficient (Wildman–Crippen LogP) is 5.58. The van der Waals surface area contributed by atoms with Crippen molar-refractivity contribution in [1.29, 1.82) is 0 Å². The lowest BCUT2D eigenvalue weighted by Crippen LogP contribution is -2.67. The summed E-state index contributed by atoms with van der Waals surface area (Å²) in [6.07, 6.45) is 15.4. The van der Waals surface area contributed by atoms with Crippen molar-refractivity contribution in [3.8, 4) is 0 Å². The van der Waals surface area contributed by atoms with Crippen LogP contribution in [0.3, 0.4) is 0 Å². The summed E-state index contributed by atoms with van der Waals surface area (Å²) in [4.78, 5) is 2.97. The maximum atomic E-state index is 5.58. The molecule has 0 radical (unpaired) electrons. The molecule has 2 aliphatic rings. The molecule has 0 unspecified atom stereocenters. The summed E-state index contributed by atoms with van der Waals surface area (Å²) >= 11 is 0. The molecule has 0 aromatic rings. The van der Waals surface area contributed by atoms with E-state index in [2.05, 4.69) is 76.2 Å². The van der Waals surface area contributed by atoms with Crippen LogP contribution in [0.25, 0.3) is 0 Å². The molecule has 5 heteroatoms. The van der Waals surface area contributed by atoms with Gasteiger partial charge in [-0.2, -0.15) is 0 Å². The molecule has 0 spiro atoms. The van der Waals surface area contributed by atoms with E-state index in [1.807, 2.05) is 0 Å². The molecular weight excluding hydrogens is 430 g/mol. The maximum Gasteiger partial charge on any atom is 0.0145 e. The Morgan fingerprint density at radius 2 is 0.971 bits per heavy atom. The van der Waals surface area contributed by atoms with Gasteiger partial charge in [-0.25, -0.2) is 0 Å². The molecule has 2 heterocycles. The van der Waals surface area contributed by atoms with Crippen LogP contribution < -0.4 is 21.7 Å². The molecular formula is C30H63N5. The van der Waals surface area contributed by atoms with Gasteiger partial charge in [-0.15, -0.1) is 0 Å². The van der Waals surface area contributed by atoms with Crippen LogP contribution in [-0.2, 0) is 0 Å². The summed E-state index contributed by atoms with van der Waals surface area (Å²) in [6.45, 7) is 23.7. The van der Waals surface area contributed by atoms with Crippen molar-refractivity contribution in [3.63, 3.8) is 0 Å². The zero-order chi connectivity index (χ0) is 26.2. The van der Waals surface area contributed by atoms with Crippen LogP contribution in [-0.4, -0.2) is 65.3 Å². The molecule has 5 nitrogen and oxygen atoms in total. The van der Waals surface area contributed by atoms with Crippen LogP contribution in [0.5, 0.6) is 0 Å². The Bertz CT molecular complexity index is 528. The first-order valence-corrected chi connectivity index (χ1v) is 15.0. The Hall–Kier alpha value is -0.200. The number of hydrogen-bond acceptors (Lipinski definition) is 5. The van der Waals surface area contributed by atoms with E-state index in [0.717, 1.165) is 6.54 Å². The van der Waals surface area contributed by atoms with Crippen molar-refractivity contribution in [2.45, 2.75) is 167 Å². The second-order valence-corrected chi connectivity index (χ2v) is 14.5. The highest BCUT2D eigenvalue weighted by Crippen LogP contribution is 2.38. The second-order valence-electron chi connectivity index (χ2n) is 14.5. The highest BCUT2D eigenvalue weighted by molar-refractivity contribution is 5.05. The van der Waals surface area contributed by atoms with E-state index in [1.54, 1.807) is 0 Å². The third kappa shape index (κ3) is 11.8. The van der Waals surface area contributed by atoms with Crippen LogP contribution in [0.2, 0.25) is 0 Å². The lowest BCUT2D eigenvalue weighted by Gasteiger charge is -2.55. The Morgan fingerprint density at radius 1 is 0.600 bits per heavy atom. The molecule has 2 saturated heterocycles. The first kappa shape index (κ1) is 31.0. The van der Waals surface area contributed by atoms with Crippen LogP contribution in [0.15, 0.2) is 0 Å². The van der Waals surface area contributed by atoms with Gasteiger partial charge in [0.25, 0.3) is 0 Å². The number of hydrogen-bond donors (Lipinski definition) is 4. The quantitative estimate of drug-likeness (QED) is 0.224. The Kier molecular flexibility index (Phi) is 12.0. The molecule has 0 saturated carbocycles. The minimum absolute atomic E-state index is 0.193. The SMILES string of the molecule is CC1(C)CC(N(CCCCCCNCCCCCCN)C2CC(C)(C)NC(C)(C)C2)CC(C)(C)N1. The topological polar surface area (TPSA) is 65.3 Å². The lowest BCUT2D eigenvalue weighted by atomic mass is 9.75. The largest absolute Gasteiger partial charge is 0.330 e. The Morgan fingerprint density at radius 3 is 1.37 bits per heavy atom. The molecule has 208 valence electrons. The number of unbranched alkanes of at least 4 members (excludes halogenated alkanes) is 6. The van der Waals surface area contributed by atoms with Gasteiger partial charge in [0, 0.05) is 34.2 Å². The van der Waals surface area contributed by atoms with Gasteiger partial charge in [-0.1, -0.05) is 25.7 Å². The molecule has 5 N–H and O–H groups in total. The number of nitrogens with two attached hydrogens (primary N) is 1. The van der Waals surface area contributed by atoms with E-state index in [9.17, 15) is 0 Å². The van der Waals surface area contributed by atoms with Gasteiger partial charge < -0.3 is 21.7 Å². The van der Waals surface area contributed by atoms with E-state index < -0.39 is 0 Å². The third-order valence-corrected chi connectivity index (χ3v) is 8.10. The smallest absolute Gasteiger partial charge is 0.0145 e. The van der Waals surface area contributed by atoms with Crippen LogP contribution in [0.1, 0.15) is 132 Å². The van der Waals surface area contributed by atoms with Crippen LogP contribution in [0, 0.1) is 0 Å². The molecule has 0 amide bonds. The normalized spacial score (nSPS) is 24.2. The van der Waals surface area contributed by atoms with Gasteiger partial charge in [-0.05, 0) is 133 Å². The highest BCUT2D eigenvalue weighted by atomic mass is 15.2. The van der Waals surface area contributed by atoms with Crippen molar-refractivity contribution < 1.29 is 0 Å². The minimum atomic E-state index is 0.193. The lowest BCUT2D eigenvalue weighted by molar-refractivity contribution is -0.00297. The van der Waals surface area contributed by atoms with Crippen LogP contribution in [0.4, 0.5) is 0 Å². The molecule has 0 aliphatic carbocycles. The molecule has 0 atom stereocenters. The second kappa shape index (κ2) is 13.6. The Labute approximate surface area is 219 Å². The zero-order valence-corrected chi connectivity index (χ0v) is 25.0. The molecule has 2 rings (SSSR count). The van der Waals surface area contributed by atoms with Gasteiger partial charge in [0.1, 0.15) is 0 Å². The number of nitrogens with one attached hydrogen (secondary N) is 3. The number of piperidine rings is 2. The fraction of sp³-hybridized carbons (Fsp3) is 1.00. The standard InChI is InChI=1S/C30H63N5/c1-27(2)21-25(22-28(3,4)33-27)35(26-23-29(5,6)34-30(7,8)24-26)20-16-12-11-15-19-32-18-14-10-9-13-17-31/h25-26,32-34H,9-24,31H2,1-8H3. The fourth-order valence-corrected chi connectivity index (χ4v) is 7.44. The van der Waals surface area contributed by atoms with Crippen molar-refractivity contribution in [2.24, 2.45) is 5.73 Å². The summed E-state index contributed by atoms with van der Waals surface area (Å²) in [7, 11) is 0. The summed E-state index contributed by atoms with van der Waals surface area (Å²) in [5, 5.41) is 11.5. The van der Waals surface area contributed by atoms with E-state index in [1.165, 1.54) is 96.7 Å². The average molecular weight is 494 g/mol. The molecule has 0 aromatic heterocycles. The molecule has 2 aliphatic heterocycles. The molecule has 2 fully saturated rings. The predicted molar refractivity (Wildman–Crippen MR) is 154 cm³/mol. The fourth-order valence-electron chi connectivity index (χ4n) is 7.44. The van der Waals surface area contributed by atoms with E-state index in [4.69, 9.17) is 5.73 Å². The monoisotopic (exact) mass is 494 g/mol. The average Bonchev–Trinajstić information content (AvgIpc) is 2.66. The summed E-state index contributed by atoms with van der Waals surface area (Å²) in [6, 6.07) is 1.33. The van der Waals surface area contributed by atoms with Gasteiger partial charge in [-0.3, -0.25) is 4.90 Å². The molecule has 0 aromatic carbocycles. The van der Waals surface area contributed by atoms with Gasteiger partial charge in [0.15, 0.2) is 0 Å². The van der Waals surface area contributed by atoms with Crippen molar-refractivity contribution in [2.75, 3.05) is 26.2 Å². The molecule has 0 bridgehead atoms. The first-order valence-electron chi connectivity index (χ1n) is 15.0. The molecule has 35 heavy (non-hydrogen) atoms. The summed E-state index contributed by atoms with van der Waals surface area (Å²) in [5.41, 5.74) is 6.35. The maximum absolute atomic E-state index is 5.58. The van der Waals surface area contributed by atoms with Gasteiger partial charge in [0.2, 0.25) is 0 Å². The first-order chi connectivity index (χ1) is 16.2. The van der Waals surface area contributed by atoms with Gasteiger partial charge >= 0.3 is 0 Å². The number of nitrogens with zero attached hydrogens (tertiary/aromatic N) is 1. The Balaban J connectivity index is 1.87. The summed E-state index contributed by atoms with van der Waals surface area (Å²) in [5.74, 6) is 0. The zero-order valence-electron chi connectivity index (χ0n) is 25.0. The third-order valence-electron chi connectivity index (χ3n) is 8.10. The van der Waals surface area contributed by atoms with E-state index in [-0.39, 0.29) is 22.2 Å². The minimum Gasteiger partial charge on any atom is -0.330 e. The van der Waals surface area contributed by atoms with E-state index >= 15 is 0 Å². The number of rotatable bonds is 15. The van der Waals surface area contributed by atoms with Gasteiger partial charge in [0.05, 0.1) is 0 Å². The van der Waals surface area contributed by atoms with Crippen molar-refractivity contribution >= 4 is 0 Å². The van der Waals surface area contributed by atoms with Crippen molar-refractivity contribution in [3.05, 3.63) is 0 Å². The van der Waals surface area contributed by atoms with Crippen LogP contribution >= 0.6 is 0 Å². The highest BCUT2D eigenvalue weighted by Gasteiger charge is 2.45. The van der Waals surface area contributed by atoms with E-state index in [0.29, 0.717) is 12.1 Å². The van der Waals surface area contributed by atoms with Crippen molar-refractivity contribution in [1.82, 2.24) is 20.9 Å².